The molecule has 188 valence electrons. The molecular weight excluding hydrogens is 506 g/mol. The molecule has 2 aromatic carbocycles. The van der Waals surface area contributed by atoms with E-state index < -0.39 is 58.7 Å². The quantitative estimate of drug-likeness (QED) is 0.356. The van der Waals surface area contributed by atoms with E-state index in [9.17, 15) is 39.6 Å². The lowest BCUT2D eigenvalue weighted by molar-refractivity contribution is -0.141. The first-order chi connectivity index (χ1) is 16.2. The van der Waals surface area contributed by atoms with Crippen molar-refractivity contribution in [2.75, 3.05) is 5.32 Å². The molecule has 0 atom stereocenters. The number of hydrogen-bond acceptors (Lipinski definition) is 4. The van der Waals surface area contributed by atoms with Crippen LogP contribution < -0.4 is 20.5 Å². The predicted octanol–water partition coefficient (Wildman–Crippen LogP) is 2.92. The van der Waals surface area contributed by atoms with Gasteiger partial charge in [0.05, 0.1) is 17.9 Å². The van der Waals surface area contributed by atoms with Crippen molar-refractivity contribution < 1.29 is 39.6 Å². The molecule has 2 amide bonds. The minimum atomic E-state index is -4.85. The highest BCUT2D eigenvalue weighted by atomic mass is 32.2. The highest BCUT2D eigenvalue weighted by Crippen LogP contribution is 2.30. The minimum Gasteiger partial charge on any atom is -0.332 e. The molecule has 0 unspecified atom stereocenters. The largest absolute Gasteiger partial charge is 0.435 e. The third-order valence-electron chi connectivity index (χ3n) is 4.43. The van der Waals surface area contributed by atoms with E-state index in [1.807, 2.05) is 4.72 Å². The normalized spacial score (nSPS) is 12.0. The van der Waals surface area contributed by atoms with E-state index in [4.69, 9.17) is 5.14 Å². The van der Waals surface area contributed by atoms with Crippen LogP contribution in [0.15, 0.2) is 42.5 Å². The molecule has 0 bridgehead atoms. The summed E-state index contributed by atoms with van der Waals surface area (Å²) in [5.74, 6) is -3.40. The Hall–Kier alpha value is -3.63. The van der Waals surface area contributed by atoms with E-state index in [2.05, 4.69) is 15.7 Å². The zero-order chi connectivity index (χ0) is 26.0. The first kappa shape index (κ1) is 26.0. The maximum Gasteiger partial charge on any atom is 0.435 e. The van der Waals surface area contributed by atoms with Gasteiger partial charge in [-0.25, -0.2) is 27.8 Å². The number of nitrogens with one attached hydrogen (secondary N) is 3. The van der Waals surface area contributed by atoms with Gasteiger partial charge in [0.1, 0.15) is 5.82 Å². The number of hydrogen-bond donors (Lipinski definition) is 4. The SMILES string of the molecule is NS(=O)(=O)NCc1ccc(NC(=O)NCc2cc(C(F)(F)F)nn2-c2ccc(F)c(F)c2)cc1F. The average Bonchev–Trinajstić information content (AvgIpc) is 3.18. The molecule has 1 heterocycles. The Bertz CT molecular complexity index is 1360. The lowest BCUT2D eigenvalue weighted by atomic mass is 10.2. The second kappa shape index (κ2) is 9.93. The van der Waals surface area contributed by atoms with Crippen molar-refractivity contribution >= 4 is 21.9 Å². The highest BCUT2D eigenvalue weighted by Gasteiger charge is 2.35. The molecular formula is C19H16F6N6O3S. The van der Waals surface area contributed by atoms with Gasteiger partial charge in [-0.1, -0.05) is 6.07 Å². The Morgan fingerprint density at radius 2 is 1.69 bits per heavy atom. The van der Waals surface area contributed by atoms with Crippen molar-refractivity contribution in [3.8, 4) is 5.69 Å². The first-order valence-electron chi connectivity index (χ1n) is 9.45. The van der Waals surface area contributed by atoms with Gasteiger partial charge in [0.25, 0.3) is 10.2 Å². The zero-order valence-corrected chi connectivity index (χ0v) is 18.1. The van der Waals surface area contributed by atoms with Crippen LogP contribution in [0.2, 0.25) is 0 Å². The maximum absolute atomic E-state index is 14.1. The highest BCUT2D eigenvalue weighted by molar-refractivity contribution is 7.87. The lowest BCUT2D eigenvalue weighted by Crippen LogP contribution is -2.30. The fourth-order valence-electron chi connectivity index (χ4n) is 2.82. The number of carbonyl (C=O) groups excluding carboxylic acids is 1. The number of anilines is 1. The summed E-state index contributed by atoms with van der Waals surface area (Å²) in [5.41, 5.74) is -1.88. The molecule has 35 heavy (non-hydrogen) atoms. The molecule has 0 saturated heterocycles. The summed E-state index contributed by atoms with van der Waals surface area (Å²) in [6, 6.07) is 5.34. The van der Waals surface area contributed by atoms with E-state index >= 15 is 0 Å². The van der Waals surface area contributed by atoms with Crippen LogP contribution in [0.3, 0.4) is 0 Å². The van der Waals surface area contributed by atoms with Crippen LogP contribution in [0, 0.1) is 17.5 Å². The molecule has 0 spiro atoms. The number of rotatable bonds is 7. The summed E-state index contributed by atoms with van der Waals surface area (Å²) in [7, 11) is -4.05. The van der Waals surface area contributed by atoms with Crippen LogP contribution in [0.1, 0.15) is 17.0 Å². The lowest BCUT2D eigenvalue weighted by Gasteiger charge is -2.11. The molecule has 9 nitrogen and oxygen atoms in total. The third-order valence-corrected chi connectivity index (χ3v) is 4.97. The molecule has 0 aliphatic rings. The van der Waals surface area contributed by atoms with Gasteiger partial charge in [0.15, 0.2) is 17.3 Å². The summed E-state index contributed by atoms with van der Waals surface area (Å²) in [5, 5.41) is 12.6. The van der Waals surface area contributed by atoms with Crippen LogP contribution in [0.4, 0.5) is 36.8 Å². The molecule has 0 saturated carbocycles. The average molecular weight is 522 g/mol. The number of nitrogens with two attached hydrogens (primary N) is 1. The number of urea groups is 1. The summed E-state index contributed by atoms with van der Waals surface area (Å²) in [6.07, 6.45) is -4.85. The van der Waals surface area contributed by atoms with Gasteiger partial charge in [0, 0.05) is 23.9 Å². The van der Waals surface area contributed by atoms with Gasteiger partial charge in [-0.05, 0) is 30.3 Å². The number of alkyl halides is 3. The number of aromatic nitrogens is 2. The standard InChI is InChI=1S/C19H16F6N6O3S/c20-14-4-3-12(6-16(14)22)31-13(7-17(30-31)19(23,24)25)9-27-18(32)29-11-2-1-10(15(21)5-11)8-28-35(26,33)34/h1-7,28H,8-9H2,(H2,26,33,34)(H2,27,29,32). The van der Waals surface area contributed by atoms with Crippen LogP contribution in [-0.4, -0.2) is 24.2 Å². The maximum atomic E-state index is 14.1. The third kappa shape index (κ3) is 6.93. The van der Waals surface area contributed by atoms with Crippen LogP contribution in [-0.2, 0) is 29.5 Å². The summed E-state index contributed by atoms with van der Waals surface area (Å²) >= 11 is 0. The van der Waals surface area contributed by atoms with Crippen LogP contribution in [0.5, 0.6) is 0 Å². The molecule has 16 heteroatoms. The summed E-state index contributed by atoms with van der Waals surface area (Å²) in [6.45, 7) is -0.959. The van der Waals surface area contributed by atoms with Crippen molar-refractivity contribution in [3.05, 3.63) is 76.9 Å². The van der Waals surface area contributed by atoms with E-state index in [0.717, 1.165) is 12.1 Å². The van der Waals surface area contributed by atoms with Crippen molar-refractivity contribution in [1.82, 2.24) is 19.8 Å². The topological polar surface area (TPSA) is 131 Å². The Labute approximate surface area is 194 Å². The molecule has 0 aliphatic carbocycles. The summed E-state index contributed by atoms with van der Waals surface area (Å²) in [4.78, 5) is 12.2. The molecule has 0 aliphatic heterocycles. The molecule has 1 aromatic heterocycles. The van der Waals surface area contributed by atoms with Gasteiger partial charge in [0.2, 0.25) is 0 Å². The number of carbonyl (C=O) groups is 1. The predicted molar refractivity (Wildman–Crippen MR) is 111 cm³/mol. The second-order valence-corrected chi connectivity index (χ2v) is 8.39. The Morgan fingerprint density at radius 3 is 2.29 bits per heavy atom. The zero-order valence-electron chi connectivity index (χ0n) is 17.3. The van der Waals surface area contributed by atoms with Crippen molar-refractivity contribution in [2.45, 2.75) is 19.3 Å². The van der Waals surface area contributed by atoms with Gasteiger partial charge >= 0.3 is 12.2 Å². The van der Waals surface area contributed by atoms with Crippen molar-refractivity contribution in [1.29, 1.82) is 0 Å². The number of halogens is 6. The van der Waals surface area contributed by atoms with Gasteiger partial charge in [-0.2, -0.15) is 31.4 Å². The van der Waals surface area contributed by atoms with Crippen LogP contribution >= 0.6 is 0 Å². The minimum absolute atomic E-state index is 0.0514. The monoisotopic (exact) mass is 522 g/mol. The van der Waals surface area contributed by atoms with Crippen LogP contribution in [0.25, 0.3) is 5.69 Å². The smallest absolute Gasteiger partial charge is 0.332 e. The molecule has 5 N–H and O–H groups in total. The Kier molecular flexibility index (Phi) is 7.37. The number of benzene rings is 2. The molecule has 0 radical (unpaired) electrons. The van der Waals surface area contributed by atoms with E-state index in [1.165, 1.54) is 12.1 Å². The summed E-state index contributed by atoms with van der Waals surface area (Å²) < 4.78 is 105. The molecule has 0 fully saturated rings. The Balaban J connectivity index is 1.73. The van der Waals surface area contributed by atoms with E-state index in [1.54, 1.807) is 0 Å². The number of amides is 2. The van der Waals surface area contributed by atoms with E-state index in [-0.39, 0.29) is 22.6 Å². The molecule has 3 rings (SSSR count). The van der Waals surface area contributed by atoms with Gasteiger partial charge in [-0.3, -0.25) is 0 Å². The fraction of sp³-hybridized carbons (Fsp3) is 0.158. The van der Waals surface area contributed by atoms with Crippen molar-refractivity contribution in [3.63, 3.8) is 0 Å². The molecule has 3 aromatic rings. The van der Waals surface area contributed by atoms with Gasteiger partial charge < -0.3 is 10.6 Å². The Morgan fingerprint density at radius 1 is 0.971 bits per heavy atom. The number of nitrogens with zero attached hydrogens (tertiary/aromatic N) is 2. The first-order valence-corrected chi connectivity index (χ1v) is 11.0. The second-order valence-electron chi connectivity index (χ2n) is 7.01. The van der Waals surface area contributed by atoms with Gasteiger partial charge in [-0.15, -0.1) is 0 Å². The van der Waals surface area contributed by atoms with E-state index in [0.29, 0.717) is 22.9 Å². The fourth-order valence-corrected chi connectivity index (χ4v) is 3.17. The van der Waals surface area contributed by atoms with Crippen molar-refractivity contribution in [2.24, 2.45) is 5.14 Å².